The van der Waals surface area contributed by atoms with Gasteiger partial charge in [0.2, 0.25) is 0 Å². The number of hydrogen-bond donors (Lipinski definition) is 0. The fourth-order valence-electron chi connectivity index (χ4n) is 3.43. The Labute approximate surface area is 108 Å². The zero-order valence-electron chi connectivity index (χ0n) is 10.9. The van der Waals surface area contributed by atoms with Crippen LogP contribution in [0.2, 0.25) is 0 Å². The molecule has 0 aromatic carbocycles. The molecule has 2 unspecified atom stereocenters. The molecular formula is C14H22O4. The molecule has 3 rings (SSSR count). The summed E-state index contributed by atoms with van der Waals surface area (Å²) in [7, 11) is 0. The average Bonchev–Trinajstić information content (AvgIpc) is 2.93. The predicted octanol–water partition coefficient (Wildman–Crippen LogP) is 1.71. The zero-order valence-corrected chi connectivity index (χ0v) is 10.9. The highest BCUT2D eigenvalue weighted by atomic mass is 16.5. The molecule has 0 aromatic rings. The molecule has 0 aromatic heterocycles. The van der Waals surface area contributed by atoms with Crippen LogP contribution in [-0.4, -0.2) is 43.9 Å². The Morgan fingerprint density at radius 3 is 2.61 bits per heavy atom. The van der Waals surface area contributed by atoms with Crippen LogP contribution in [-0.2, 0) is 19.0 Å². The Morgan fingerprint density at radius 2 is 1.89 bits per heavy atom. The van der Waals surface area contributed by atoms with Crippen molar-refractivity contribution in [3.8, 4) is 0 Å². The molecule has 2 atom stereocenters. The molecule has 4 nitrogen and oxygen atoms in total. The van der Waals surface area contributed by atoms with Gasteiger partial charge >= 0.3 is 0 Å². The summed E-state index contributed by atoms with van der Waals surface area (Å²) >= 11 is 0. The summed E-state index contributed by atoms with van der Waals surface area (Å²) in [6, 6.07) is 0. The molecule has 102 valence electrons. The fourth-order valence-corrected chi connectivity index (χ4v) is 3.43. The van der Waals surface area contributed by atoms with Crippen molar-refractivity contribution in [2.45, 2.75) is 50.2 Å². The van der Waals surface area contributed by atoms with Crippen molar-refractivity contribution >= 4 is 5.78 Å². The Bertz CT molecular complexity index is 297. The minimum atomic E-state index is -0.134. The maximum Gasteiger partial charge on any atom is 0.164 e. The predicted molar refractivity (Wildman–Crippen MR) is 65.4 cm³/mol. The van der Waals surface area contributed by atoms with Crippen molar-refractivity contribution < 1.29 is 19.0 Å². The van der Waals surface area contributed by atoms with E-state index in [1.165, 1.54) is 0 Å². The lowest BCUT2D eigenvalue weighted by atomic mass is 9.78. The lowest BCUT2D eigenvalue weighted by Gasteiger charge is -2.43. The summed E-state index contributed by atoms with van der Waals surface area (Å²) in [5, 5.41) is 0. The number of carbonyl (C=O) groups is 1. The standard InChI is InChI=1S/C14H22O4/c15-13(12-2-1-6-17-12)11-3-7-18-14(10-11)4-8-16-9-5-14/h11-12H,1-10H2. The van der Waals surface area contributed by atoms with Crippen LogP contribution in [0.1, 0.15) is 38.5 Å². The molecule has 3 heterocycles. The molecule has 3 aliphatic rings. The molecule has 3 fully saturated rings. The summed E-state index contributed by atoms with van der Waals surface area (Å²) in [6.45, 7) is 2.99. The number of Topliss-reactive ketones (excluding diaryl/α,β-unsaturated/α-hetero) is 1. The maximum atomic E-state index is 12.4. The molecule has 0 aliphatic carbocycles. The second-order valence-electron chi connectivity index (χ2n) is 5.74. The molecule has 0 bridgehead atoms. The maximum absolute atomic E-state index is 12.4. The van der Waals surface area contributed by atoms with Crippen LogP contribution >= 0.6 is 0 Å². The van der Waals surface area contributed by atoms with Crippen molar-refractivity contribution in [3.05, 3.63) is 0 Å². The smallest absolute Gasteiger partial charge is 0.164 e. The van der Waals surface area contributed by atoms with Crippen LogP contribution < -0.4 is 0 Å². The van der Waals surface area contributed by atoms with Gasteiger partial charge in [-0.15, -0.1) is 0 Å². The Kier molecular flexibility index (Phi) is 3.68. The molecule has 0 N–H and O–H groups in total. The molecule has 0 radical (unpaired) electrons. The van der Waals surface area contributed by atoms with E-state index in [1.54, 1.807) is 0 Å². The molecule has 0 saturated carbocycles. The Balaban J connectivity index is 1.64. The number of hydrogen-bond acceptors (Lipinski definition) is 4. The van der Waals surface area contributed by atoms with Gasteiger partial charge in [0.05, 0.1) is 5.60 Å². The third kappa shape index (κ3) is 2.46. The Hall–Kier alpha value is -0.450. The first-order valence-electron chi connectivity index (χ1n) is 7.16. The first-order valence-corrected chi connectivity index (χ1v) is 7.16. The highest BCUT2D eigenvalue weighted by Crippen LogP contribution is 2.38. The fraction of sp³-hybridized carbons (Fsp3) is 0.929. The van der Waals surface area contributed by atoms with Crippen molar-refractivity contribution in [2.24, 2.45) is 5.92 Å². The lowest BCUT2D eigenvalue weighted by molar-refractivity contribution is -0.161. The zero-order chi connectivity index (χ0) is 12.4. The SMILES string of the molecule is O=C(C1CCOC2(CCOCC2)C1)C1CCCO1. The molecule has 18 heavy (non-hydrogen) atoms. The molecule has 3 aliphatic heterocycles. The minimum absolute atomic E-state index is 0.0879. The van der Waals surface area contributed by atoms with Gasteiger partial charge in [-0.25, -0.2) is 0 Å². The second-order valence-corrected chi connectivity index (χ2v) is 5.74. The summed E-state index contributed by atoms with van der Waals surface area (Å²) in [5.41, 5.74) is -0.0879. The van der Waals surface area contributed by atoms with E-state index >= 15 is 0 Å². The van der Waals surface area contributed by atoms with Crippen LogP contribution in [0.15, 0.2) is 0 Å². The first-order chi connectivity index (χ1) is 8.79. The topological polar surface area (TPSA) is 44.8 Å². The second kappa shape index (κ2) is 5.27. The van der Waals surface area contributed by atoms with Gasteiger partial charge in [-0.2, -0.15) is 0 Å². The average molecular weight is 254 g/mol. The normalized spacial score (nSPS) is 35.8. The van der Waals surface area contributed by atoms with Gasteiger partial charge in [0.25, 0.3) is 0 Å². The van der Waals surface area contributed by atoms with Crippen LogP contribution in [0.5, 0.6) is 0 Å². The van der Waals surface area contributed by atoms with Crippen molar-refractivity contribution in [2.75, 3.05) is 26.4 Å². The number of ketones is 1. The van der Waals surface area contributed by atoms with Gasteiger partial charge in [-0.05, 0) is 38.5 Å². The van der Waals surface area contributed by atoms with E-state index in [-0.39, 0.29) is 17.6 Å². The van der Waals surface area contributed by atoms with Gasteiger partial charge in [0, 0.05) is 32.3 Å². The van der Waals surface area contributed by atoms with E-state index in [0.717, 1.165) is 58.3 Å². The van der Waals surface area contributed by atoms with E-state index in [2.05, 4.69) is 0 Å². The van der Waals surface area contributed by atoms with E-state index in [4.69, 9.17) is 14.2 Å². The monoisotopic (exact) mass is 254 g/mol. The van der Waals surface area contributed by atoms with Crippen LogP contribution in [0.3, 0.4) is 0 Å². The van der Waals surface area contributed by atoms with Gasteiger partial charge in [-0.3, -0.25) is 4.79 Å². The Morgan fingerprint density at radius 1 is 1.06 bits per heavy atom. The van der Waals surface area contributed by atoms with E-state index < -0.39 is 0 Å². The molecule has 0 amide bonds. The highest BCUT2D eigenvalue weighted by molar-refractivity contribution is 5.85. The summed E-state index contributed by atoms with van der Waals surface area (Å²) < 4.78 is 16.9. The lowest BCUT2D eigenvalue weighted by Crippen LogP contribution is -2.47. The molecule has 4 heteroatoms. The quantitative estimate of drug-likeness (QED) is 0.752. The third-order valence-corrected chi connectivity index (χ3v) is 4.55. The van der Waals surface area contributed by atoms with Crippen molar-refractivity contribution in [3.63, 3.8) is 0 Å². The van der Waals surface area contributed by atoms with Gasteiger partial charge < -0.3 is 14.2 Å². The van der Waals surface area contributed by atoms with E-state index in [1.807, 2.05) is 0 Å². The largest absolute Gasteiger partial charge is 0.381 e. The van der Waals surface area contributed by atoms with Crippen LogP contribution in [0.4, 0.5) is 0 Å². The summed E-state index contributed by atoms with van der Waals surface area (Å²) in [5.74, 6) is 0.460. The number of ether oxygens (including phenoxy) is 3. The number of carbonyl (C=O) groups excluding carboxylic acids is 1. The van der Waals surface area contributed by atoms with Gasteiger partial charge in [0.1, 0.15) is 6.10 Å². The van der Waals surface area contributed by atoms with E-state index in [9.17, 15) is 4.79 Å². The summed E-state index contributed by atoms with van der Waals surface area (Å²) in [4.78, 5) is 12.4. The van der Waals surface area contributed by atoms with E-state index in [0.29, 0.717) is 12.4 Å². The van der Waals surface area contributed by atoms with Crippen LogP contribution in [0.25, 0.3) is 0 Å². The molecule has 3 saturated heterocycles. The van der Waals surface area contributed by atoms with Gasteiger partial charge in [0.15, 0.2) is 5.78 Å². The van der Waals surface area contributed by atoms with Crippen LogP contribution in [0, 0.1) is 5.92 Å². The molecular weight excluding hydrogens is 232 g/mol. The third-order valence-electron chi connectivity index (χ3n) is 4.55. The minimum Gasteiger partial charge on any atom is -0.381 e. The summed E-state index contributed by atoms with van der Waals surface area (Å²) in [6.07, 6.45) is 5.40. The van der Waals surface area contributed by atoms with Gasteiger partial charge in [-0.1, -0.05) is 0 Å². The first kappa shape index (κ1) is 12.6. The molecule has 1 spiro atoms. The van der Waals surface area contributed by atoms with Crippen molar-refractivity contribution in [1.82, 2.24) is 0 Å². The van der Waals surface area contributed by atoms with Crippen molar-refractivity contribution in [1.29, 1.82) is 0 Å². The highest BCUT2D eigenvalue weighted by Gasteiger charge is 2.42. The number of rotatable bonds is 2.